The molecular weight excluding hydrogens is 302 g/mol. The van der Waals surface area contributed by atoms with Crippen LogP contribution in [-0.4, -0.2) is 44.1 Å². The molecule has 7 heteroatoms. The molecule has 4 N–H and O–H groups in total. The number of carbonyl (C=O) groups is 1. The maximum Gasteiger partial charge on any atom is 0.223 e. The Morgan fingerprint density at radius 2 is 1.91 bits per heavy atom. The molecule has 1 saturated heterocycles. The second-order valence-electron chi connectivity index (χ2n) is 8.36. The number of likely N-dealkylation sites (tertiary alicyclic amines) is 1. The first kappa shape index (κ1) is 17.7. The van der Waals surface area contributed by atoms with Crippen molar-refractivity contribution in [2.24, 2.45) is 27.6 Å². The molecule has 0 bridgehead atoms. The summed E-state index contributed by atoms with van der Waals surface area (Å²) in [5.41, 5.74) is 6.13. The van der Waals surface area contributed by atoms with Crippen LogP contribution in [0.5, 0.6) is 0 Å². The summed E-state index contributed by atoms with van der Waals surface area (Å²) in [4.78, 5) is 14.2. The van der Waals surface area contributed by atoms with Crippen LogP contribution in [0.15, 0.2) is 0 Å². The zero-order valence-electron chi connectivity index (χ0n) is 13.8. The number of primary sulfonamides is 1. The van der Waals surface area contributed by atoms with Gasteiger partial charge in [0.05, 0.1) is 5.75 Å². The fourth-order valence-electron chi connectivity index (χ4n) is 4.56. The normalized spacial score (nSPS) is 35.9. The maximum absolute atomic E-state index is 12.3. The van der Waals surface area contributed by atoms with Crippen molar-refractivity contribution in [3.8, 4) is 0 Å². The van der Waals surface area contributed by atoms with Crippen molar-refractivity contribution in [1.82, 2.24) is 4.90 Å². The fraction of sp³-hybridized carbons (Fsp3) is 0.933. The van der Waals surface area contributed by atoms with Gasteiger partial charge in [-0.25, -0.2) is 13.6 Å². The molecule has 3 unspecified atom stereocenters. The molecule has 1 saturated carbocycles. The molecule has 1 aliphatic heterocycles. The zero-order valence-corrected chi connectivity index (χ0v) is 14.7. The largest absolute Gasteiger partial charge is 0.339 e. The molecule has 0 aromatic heterocycles. The van der Waals surface area contributed by atoms with Gasteiger partial charge in [-0.05, 0) is 36.6 Å². The van der Waals surface area contributed by atoms with Gasteiger partial charge in [0.15, 0.2) is 0 Å². The van der Waals surface area contributed by atoms with Crippen molar-refractivity contribution in [3.63, 3.8) is 0 Å². The van der Waals surface area contributed by atoms with Gasteiger partial charge in [0, 0.05) is 24.9 Å². The minimum atomic E-state index is -3.53. The Balaban J connectivity index is 2.12. The lowest BCUT2D eigenvalue weighted by Crippen LogP contribution is -2.49. The van der Waals surface area contributed by atoms with E-state index in [-0.39, 0.29) is 40.9 Å². The molecule has 128 valence electrons. The van der Waals surface area contributed by atoms with Gasteiger partial charge in [-0.3, -0.25) is 4.79 Å². The highest BCUT2D eigenvalue weighted by atomic mass is 32.2. The summed E-state index contributed by atoms with van der Waals surface area (Å²) in [7, 11) is -3.53. The average Bonchev–Trinajstić information content (AvgIpc) is 2.65. The van der Waals surface area contributed by atoms with Crippen molar-refractivity contribution in [1.29, 1.82) is 0 Å². The van der Waals surface area contributed by atoms with Gasteiger partial charge in [-0.1, -0.05) is 20.8 Å². The van der Waals surface area contributed by atoms with Crippen LogP contribution >= 0.6 is 0 Å². The van der Waals surface area contributed by atoms with E-state index < -0.39 is 10.0 Å². The minimum Gasteiger partial charge on any atom is -0.339 e. The second-order valence-corrected chi connectivity index (χ2v) is 10.0. The maximum atomic E-state index is 12.3. The van der Waals surface area contributed by atoms with Crippen LogP contribution in [0.4, 0.5) is 0 Å². The minimum absolute atomic E-state index is 0.0325. The molecule has 3 atom stereocenters. The van der Waals surface area contributed by atoms with E-state index in [1.165, 1.54) is 0 Å². The highest BCUT2D eigenvalue weighted by Gasteiger charge is 2.45. The number of sulfonamides is 1. The molecule has 0 aromatic carbocycles. The van der Waals surface area contributed by atoms with E-state index in [0.29, 0.717) is 13.1 Å². The van der Waals surface area contributed by atoms with Gasteiger partial charge in [0.25, 0.3) is 0 Å². The number of nitrogens with two attached hydrogens (primary N) is 2. The van der Waals surface area contributed by atoms with E-state index in [1.54, 1.807) is 0 Å². The van der Waals surface area contributed by atoms with Crippen LogP contribution in [0, 0.1) is 16.7 Å². The quantitative estimate of drug-likeness (QED) is 0.789. The SMILES string of the molecule is CC1(C)CC(N2CC(CS(N)(=O)=O)CC2=O)CC(C)(CN)C1. The van der Waals surface area contributed by atoms with E-state index >= 15 is 0 Å². The molecule has 1 aliphatic carbocycles. The molecule has 2 aliphatic rings. The number of hydrogen-bond acceptors (Lipinski definition) is 4. The second kappa shape index (κ2) is 5.76. The third-order valence-electron chi connectivity index (χ3n) is 5.06. The van der Waals surface area contributed by atoms with Crippen LogP contribution in [0.25, 0.3) is 0 Å². The molecule has 0 spiro atoms. The number of rotatable bonds is 4. The summed E-state index contributed by atoms with van der Waals surface area (Å²) in [5.74, 6) is -0.244. The topological polar surface area (TPSA) is 106 Å². The van der Waals surface area contributed by atoms with Crippen molar-refractivity contribution in [2.75, 3.05) is 18.8 Å². The van der Waals surface area contributed by atoms with Gasteiger partial charge in [-0.2, -0.15) is 0 Å². The highest BCUT2D eigenvalue weighted by Crippen LogP contribution is 2.47. The summed E-state index contributed by atoms with van der Waals surface area (Å²) >= 11 is 0. The van der Waals surface area contributed by atoms with E-state index in [9.17, 15) is 13.2 Å². The van der Waals surface area contributed by atoms with Crippen LogP contribution in [0.2, 0.25) is 0 Å². The van der Waals surface area contributed by atoms with E-state index in [0.717, 1.165) is 19.3 Å². The van der Waals surface area contributed by atoms with Gasteiger partial charge in [-0.15, -0.1) is 0 Å². The average molecular weight is 331 g/mol. The Labute approximate surface area is 133 Å². The molecule has 0 aromatic rings. The summed E-state index contributed by atoms with van der Waals surface area (Å²) in [5, 5.41) is 5.12. The Bertz CT molecular complexity index is 546. The number of carbonyl (C=O) groups excluding carboxylic acids is 1. The van der Waals surface area contributed by atoms with Gasteiger partial charge >= 0.3 is 0 Å². The Morgan fingerprint density at radius 1 is 1.27 bits per heavy atom. The van der Waals surface area contributed by atoms with Crippen molar-refractivity contribution in [3.05, 3.63) is 0 Å². The van der Waals surface area contributed by atoms with Gasteiger partial charge in [0.1, 0.15) is 0 Å². The predicted molar refractivity (Wildman–Crippen MR) is 86.4 cm³/mol. The van der Waals surface area contributed by atoms with Crippen LogP contribution in [0.3, 0.4) is 0 Å². The van der Waals surface area contributed by atoms with Crippen molar-refractivity contribution < 1.29 is 13.2 Å². The molecule has 2 fully saturated rings. The van der Waals surface area contributed by atoms with Gasteiger partial charge in [0.2, 0.25) is 15.9 Å². The van der Waals surface area contributed by atoms with Crippen LogP contribution in [-0.2, 0) is 14.8 Å². The molecule has 1 heterocycles. The smallest absolute Gasteiger partial charge is 0.223 e. The molecule has 1 amide bonds. The first-order valence-corrected chi connectivity index (χ1v) is 9.65. The lowest BCUT2D eigenvalue weighted by atomic mass is 9.62. The first-order valence-electron chi connectivity index (χ1n) is 7.93. The predicted octanol–water partition coefficient (Wildman–Crippen LogP) is 0.667. The number of amides is 1. The van der Waals surface area contributed by atoms with Crippen molar-refractivity contribution in [2.45, 2.75) is 52.5 Å². The summed E-state index contributed by atoms with van der Waals surface area (Å²) < 4.78 is 22.5. The summed E-state index contributed by atoms with van der Waals surface area (Å²) in [6, 6.07) is 0.148. The van der Waals surface area contributed by atoms with Gasteiger partial charge < -0.3 is 10.6 Å². The molecule has 22 heavy (non-hydrogen) atoms. The molecular formula is C15H29N3O3S. The molecule has 2 rings (SSSR count). The highest BCUT2D eigenvalue weighted by molar-refractivity contribution is 7.89. The third-order valence-corrected chi connectivity index (χ3v) is 6.00. The molecule has 0 radical (unpaired) electrons. The fourth-order valence-corrected chi connectivity index (χ4v) is 5.44. The standard InChI is InChI=1S/C15H29N3O3S/c1-14(2)5-12(6-15(3,9-14)10-16)18-7-11(4-13(18)19)8-22(17,20)21/h11-12H,4-10,16H2,1-3H3,(H2,17,20,21). The third kappa shape index (κ3) is 4.20. The van der Waals surface area contributed by atoms with E-state index in [4.69, 9.17) is 10.9 Å². The number of hydrogen-bond donors (Lipinski definition) is 2. The Hall–Kier alpha value is -0.660. The zero-order chi connectivity index (χ0) is 16.8. The lowest BCUT2D eigenvalue weighted by molar-refractivity contribution is -0.132. The van der Waals surface area contributed by atoms with E-state index in [2.05, 4.69) is 20.8 Å². The first-order chi connectivity index (χ1) is 9.93. The van der Waals surface area contributed by atoms with Crippen LogP contribution in [0.1, 0.15) is 46.5 Å². The number of nitrogens with zero attached hydrogens (tertiary/aromatic N) is 1. The monoisotopic (exact) mass is 331 g/mol. The van der Waals surface area contributed by atoms with E-state index in [1.807, 2.05) is 4.90 Å². The summed E-state index contributed by atoms with van der Waals surface area (Å²) in [6.45, 7) is 7.72. The summed E-state index contributed by atoms with van der Waals surface area (Å²) in [6.07, 6.45) is 3.17. The molecule has 6 nitrogen and oxygen atoms in total. The lowest BCUT2D eigenvalue weighted by Gasteiger charge is -2.48. The van der Waals surface area contributed by atoms with Crippen LogP contribution < -0.4 is 10.9 Å². The Kier molecular flexibility index (Phi) is 4.63. The Morgan fingerprint density at radius 3 is 2.45 bits per heavy atom. The van der Waals surface area contributed by atoms with Crippen molar-refractivity contribution >= 4 is 15.9 Å².